The highest BCUT2D eigenvalue weighted by Crippen LogP contribution is 2.31. The second kappa shape index (κ2) is 12.4. The fourth-order valence-corrected chi connectivity index (χ4v) is 4.06. The Morgan fingerprint density at radius 2 is 1.96 bits per heavy atom. The van der Waals surface area contributed by atoms with Crippen molar-refractivity contribution in [1.82, 2.24) is 15.6 Å². The van der Waals surface area contributed by atoms with Gasteiger partial charge >= 0.3 is 0 Å². The highest BCUT2D eigenvalue weighted by molar-refractivity contribution is 7.22. The number of benzene rings is 1. The number of carbonyl (C=O) groups excluding carboxylic acids is 1. The molecule has 1 aromatic carbocycles. The van der Waals surface area contributed by atoms with Gasteiger partial charge in [0.05, 0.1) is 16.8 Å². The number of rotatable bonds is 8. The van der Waals surface area contributed by atoms with E-state index < -0.39 is 0 Å². The second-order valence-corrected chi connectivity index (χ2v) is 7.27. The Kier molecular flexibility index (Phi) is 10.9. The van der Waals surface area contributed by atoms with E-state index in [1.807, 2.05) is 12.1 Å². The van der Waals surface area contributed by atoms with Gasteiger partial charge in [0.25, 0.3) is 0 Å². The molecule has 0 aliphatic carbocycles. The predicted molar refractivity (Wildman–Crippen MR) is 117 cm³/mol. The number of piperidine rings is 1. The van der Waals surface area contributed by atoms with Gasteiger partial charge in [-0.15, -0.1) is 24.8 Å². The van der Waals surface area contributed by atoms with Crippen molar-refractivity contribution in [3.05, 3.63) is 24.3 Å². The summed E-state index contributed by atoms with van der Waals surface area (Å²) in [5.74, 6) is 0.294. The molecule has 3 rings (SSSR count). The van der Waals surface area contributed by atoms with E-state index >= 15 is 0 Å². The van der Waals surface area contributed by atoms with Crippen LogP contribution in [0.1, 0.15) is 12.8 Å². The summed E-state index contributed by atoms with van der Waals surface area (Å²) in [6, 6.07) is 8.23. The van der Waals surface area contributed by atoms with Gasteiger partial charge in [0, 0.05) is 45.8 Å². The van der Waals surface area contributed by atoms with Crippen molar-refractivity contribution < 1.29 is 9.53 Å². The Labute approximate surface area is 176 Å². The number of carbonyl (C=O) groups is 1. The molecule has 2 N–H and O–H groups in total. The Morgan fingerprint density at radius 3 is 2.67 bits per heavy atom. The van der Waals surface area contributed by atoms with Crippen LogP contribution in [0.2, 0.25) is 0 Å². The maximum absolute atomic E-state index is 12.3. The van der Waals surface area contributed by atoms with Crippen LogP contribution in [0.25, 0.3) is 10.2 Å². The average molecular weight is 435 g/mol. The van der Waals surface area contributed by atoms with Crippen LogP contribution >= 0.6 is 36.2 Å². The molecule has 1 aliphatic heterocycles. The minimum absolute atomic E-state index is 0. The first kappa shape index (κ1) is 23.9. The number of hydrogen-bond donors (Lipinski definition) is 2. The summed E-state index contributed by atoms with van der Waals surface area (Å²) in [7, 11) is 1.68. The molecule has 1 amide bonds. The number of anilines is 1. The number of methoxy groups -OCH3 is 1. The lowest BCUT2D eigenvalue weighted by atomic mass is 9.96. The molecule has 27 heavy (non-hydrogen) atoms. The zero-order valence-corrected chi connectivity index (χ0v) is 17.9. The van der Waals surface area contributed by atoms with E-state index in [2.05, 4.69) is 27.7 Å². The molecule has 1 aromatic heterocycles. The fourth-order valence-electron chi connectivity index (χ4n) is 3.05. The van der Waals surface area contributed by atoms with Gasteiger partial charge in [0.2, 0.25) is 5.91 Å². The molecular formula is C18H28Cl2N4O2S. The van der Waals surface area contributed by atoms with Crippen LogP contribution in [0.15, 0.2) is 24.3 Å². The summed E-state index contributed by atoms with van der Waals surface area (Å²) in [4.78, 5) is 19.3. The number of ether oxygens (including phenoxy) is 1. The summed E-state index contributed by atoms with van der Waals surface area (Å²) in [5, 5.41) is 7.33. The van der Waals surface area contributed by atoms with E-state index in [1.54, 1.807) is 18.4 Å². The van der Waals surface area contributed by atoms with E-state index in [9.17, 15) is 4.79 Å². The molecule has 1 aliphatic rings. The number of thiazole rings is 1. The van der Waals surface area contributed by atoms with Crippen molar-refractivity contribution in [3.8, 4) is 0 Å². The molecule has 0 spiro atoms. The van der Waals surface area contributed by atoms with Crippen LogP contribution in [0, 0.1) is 5.92 Å². The average Bonchev–Trinajstić information content (AvgIpc) is 3.09. The maximum atomic E-state index is 12.3. The van der Waals surface area contributed by atoms with Gasteiger partial charge in [-0.25, -0.2) is 4.98 Å². The number of aromatic nitrogens is 1. The van der Waals surface area contributed by atoms with E-state index in [0.29, 0.717) is 13.2 Å². The normalized spacial score (nSPS) is 14.5. The third-order valence-electron chi connectivity index (χ3n) is 4.50. The van der Waals surface area contributed by atoms with Gasteiger partial charge in [-0.05, 0) is 25.0 Å². The molecule has 6 nitrogen and oxygen atoms in total. The number of nitrogens with zero attached hydrogens (tertiary/aromatic N) is 2. The van der Waals surface area contributed by atoms with Crippen molar-refractivity contribution in [2.24, 2.45) is 5.92 Å². The monoisotopic (exact) mass is 434 g/mol. The number of halogens is 2. The Hall–Kier alpha value is -1.12. The molecular weight excluding hydrogens is 407 g/mol. The largest absolute Gasteiger partial charge is 0.383 e. The Bertz CT molecular complexity index is 660. The van der Waals surface area contributed by atoms with Crippen LogP contribution in [-0.4, -0.2) is 57.3 Å². The van der Waals surface area contributed by atoms with Gasteiger partial charge in [0.1, 0.15) is 0 Å². The highest BCUT2D eigenvalue weighted by Gasteiger charge is 2.26. The maximum Gasteiger partial charge on any atom is 0.223 e. The predicted octanol–water partition coefficient (Wildman–Crippen LogP) is 2.71. The first-order valence-corrected chi connectivity index (χ1v) is 9.67. The lowest BCUT2D eigenvalue weighted by Crippen LogP contribution is -2.42. The smallest absolute Gasteiger partial charge is 0.223 e. The van der Waals surface area contributed by atoms with Crippen molar-refractivity contribution in [3.63, 3.8) is 0 Å². The standard InChI is InChI=1S/C18H26N4O2S.2ClH/c1-24-13-10-19-8-9-20-17(23)14-6-11-22(12-7-14)18-21-15-4-2-3-5-16(15)25-18;;/h2-5,14,19H,6-13H2,1H3,(H,20,23);2*1H. The zero-order chi connectivity index (χ0) is 17.5. The summed E-state index contributed by atoms with van der Waals surface area (Å²) >= 11 is 1.73. The van der Waals surface area contributed by atoms with Crippen LogP contribution in [0.3, 0.4) is 0 Å². The lowest BCUT2D eigenvalue weighted by Gasteiger charge is -2.31. The molecule has 0 radical (unpaired) electrons. The topological polar surface area (TPSA) is 66.5 Å². The van der Waals surface area contributed by atoms with Crippen molar-refractivity contribution >= 4 is 57.4 Å². The van der Waals surface area contributed by atoms with Crippen LogP contribution < -0.4 is 15.5 Å². The molecule has 2 aromatic rings. The molecule has 152 valence electrons. The fraction of sp³-hybridized carbons (Fsp3) is 0.556. The minimum atomic E-state index is 0. The van der Waals surface area contributed by atoms with Gasteiger partial charge < -0.3 is 20.3 Å². The molecule has 0 bridgehead atoms. The number of amides is 1. The zero-order valence-electron chi connectivity index (χ0n) is 15.5. The first-order valence-electron chi connectivity index (χ1n) is 8.86. The van der Waals surface area contributed by atoms with E-state index in [-0.39, 0.29) is 36.6 Å². The van der Waals surface area contributed by atoms with Crippen molar-refractivity contribution in [2.45, 2.75) is 12.8 Å². The molecule has 1 fully saturated rings. The van der Waals surface area contributed by atoms with Crippen LogP contribution in [-0.2, 0) is 9.53 Å². The molecule has 0 atom stereocenters. The third-order valence-corrected chi connectivity index (χ3v) is 5.60. The second-order valence-electron chi connectivity index (χ2n) is 6.26. The number of fused-ring (bicyclic) bond motifs is 1. The SMILES string of the molecule is COCCNCCNC(=O)C1CCN(c2nc3ccccc3s2)CC1.Cl.Cl. The molecule has 0 unspecified atom stereocenters. The summed E-state index contributed by atoms with van der Waals surface area (Å²) in [6.45, 7) is 4.74. The summed E-state index contributed by atoms with van der Waals surface area (Å²) in [6.07, 6.45) is 1.78. The number of para-hydroxylation sites is 1. The van der Waals surface area contributed by atoms with Gasteiger partial charge in [-0.2, -0.15) is 0 Å². The summed E-state index contributed by atoms with van der Waals surface area (Å²) in [5.41, 5.74) is 1.06. The van der Waals surface area contributed by atoms with Crippen molar-refractivity contribution in [1.29, 1.82) is 0 Å². The van der Waals surface area contributed by atoms with E-state index in [4.69, 9.17) is 9.72 Å². The molecule has 0 saturated carbocycles. The minimum Gasteiger partial charge on any atom is -0.383 e. The van der Waals surface area contributed by atoms with Gasteiger partial charge in [-0.1, -0.05) is 23.5 Å². The number of hydrogen-bond acceptors (Lipinski definition) is 6. The lowest BCUT2D eigenvalue weighted by molar-refractivity contribution is -0.125. The highest BCUT2D eigenvalue weighted by atomic mass is 35.5. The van der Waals surface area contributed by atoms with E-state index in [0.717, 1.165) is 49.7 Å². The van der Waals surface area contributed by atoms with Crippen LogP contribution in [0.4, 0.5) is 5.13 Å². The molecule has 1 saturated heterocycles. The van der Waals surface area contributed by atoms with E-state index in [1.165, 1.54) is 4.70 Å². The molecule has 9 heteroatoms. The molecule has 2 heterocycles. The van der Waals surface area contributed by atoms with Crippen molar-refractivity contribution in [2.75, 3.05) is 51.3 Å². The Balaban J connectivity index is 0.00000182. The third kappa shape index (κ3) is 6.76. The van der Waals surface area contributed by atoms with Crippen LogP contribution in [0.5, 0.6) is 0 Å². The Morgan fingerprint density at radius 1 is 1.22 bits per heavy atom. The van der Waals surface area contributed by atoms with Gasteiger partial charge in [-0.3, -0.25) is 4.79 Å². The van der Waals surface area contributed by atoms with Gasteiger partial charge in [0.15, 0.2) is 5.13 Å². The first-order chi connectivity index (χ1) is 12.3. The number of nitrogens with one attached hydrogen (secondary N) is 2. The quantitative estimate of drug-likeness (QED) is 0.625. The summed E-state index contributed by atoms with van der Waals surface area (Å²) < 4.78 is 6.19.